The van der Waals surface area contributed by atoms with Crippen molar-refractivity contribution in [3.05, 3.63) is 58.3 Å². The lowest BCUT2D eigenvalue weighted by atomic mass is 10.0. The molecule has 6 heteroatoms. The minimum Gasteiger partial charge on any atom is -0.483 e. The molecule has 0 spiro atoms. The number of carbonyl (C=O) groups is 1. The number of hydrogen-bond donors (Lipinski definition) is 1. The van der Waals surface area contributed by atoms with E-state index in [9.17, 15) is 4.79 Å². The number of hydrogen-bond acceptors (Lipinski definition) is 4. The summed E-state index contributed by atoms with van der Waals surface area (Å²) in [4.78, 5) is 15.6. The van der Waals surface area contributed by atoms with Crippen LogP contribution < -0.4 is 10.2 Å². The van der Waals surface area contributed by atoms with Crippen molar-refractivity contribution in [2.45, 2.75) is 19.8 Å². The lowest BCUT2D eigenvalue weighted by Gasteiger charge is -2.10. The largest absolute Gasteiger partial charge is 0.483 e. The van der Waals surface area contributed by atoms with Crippen LogP contribution in [0, 0.1) is 0 Å². The van der Waals surface area contributed by atoms with Crippen LogP contribution in [0.15, 0.2) is 52.3 Å². The Morgan fingerprint density at radius 1 is 1.35 bits per heavy atom. The molecule has 0 aliphatic rings. The van der Waals surface area contributed by atoms with E-state index in [1.807, 2.05) is 18.2 Å². The van der Waals surface area contributed by atoms with Crippen molar-refractivity contribution in [1.29, 1.82) is 0 Å². The molecule has 2 aromatic rings. The SMILES string of the molecule is CC(C)c1ccc(OCC(=O)N/N=C/c2ccncc2)c(Br)c1. The van der Waals surface area contributed by atoms with Crippen LogP contribution in [0.1, 0.15) is 30.9 Å². The summed E-state index contributed by atoms with van der Waals surface area (Å²) in [7, 11) is 0. The summed E-state index contributed by atoms with van der Waals surface area (Å²) >= 11 is 3.46. The Morgan fingerprint density at radius 2 is 2.09 bits per heavy atom. The van der Waals surface area contributed by atoms with Crippen molar-refractivity contribution in [2.24, 2.45) is 5.10 Å². The van der Waals surface area contributed by atoms with Crippen LogP contribution in [0.2, 0.25) is 0 Å². The molecule has 0 unspecified atom stereocenters. The third-order valence-corrected chi connectivity index (χ3v) is 3.71. The highest BCUT2D eigenvalue weighted by molar-refractivity contribution is 9.10. The number of pyridine rings is 1. The Morgan fingerprint density at radius 3 is 2.74 bits per heavy atom. The molecule has 120 valence electrons. The number of nitrogens with zero attached hydrogens (tertiary/aromatic N) is 2. The number of ether oxygens (including phenoxy) is 1. The van der Waals surface area contributed by atoms with Gasteiger partial charge in [-0.3, -0.25) is 9.78 Å². The number of amides is 1. The predicted molar refractivity (Wildman–Crippen MR) is 93.7 cm³/mol. The molecular weight excluding hydrogens is 358 g/mol. The van der Waals surface area contributed by atoms with Gasteiger partial charge < -0.3 is 4.74 Å². The van der Waals surface area contributed by atoms with Crippen molar-refractivity contribution < 1.29 is 9.53 Å². The molecule has 0 radical (unpaired) electrons. The van der Waals surface area contributed by atoms with Crippen LogP contribution in [0.25, 0.3) is 0 Å². The summed E-state index contributed by atoms with van der Waals surface area (Å²) in [6.07, 6.45) is 4.86. The molecule has 1 N–H and O–H groups in total. The lowest BCUT2D eigenvalue weighted by molar-refractivity contribution is -0.123. The molecule has 0 bridgehead atoms. The minimum atomic E-state index is -0.324. The van der Waals surface area contributed by atoms with Gasteiger partial charge in [-0.05, 0) is 57.2 Å². The van der Waals surface area contributed by atoms with Crippen LogP contribution in [0.5, 0.6) is 5.75 Å². The summed E-state index contributed by atoms with van der Waals surface area (Å²) in [5, 5.41) is 3.87. The van der Waals surface area contributed by atoms with Gasteiger partial charge in [-0.25, -0.2) is 5.43 Å². The quantitative estimate of drug-likeness (QED) is 0.620. The second kappa shape index (κ2) is 8.43. The number of rotatable bonds is 6. The molecule has 0 fully saturated rings. The Kier molecular flexibility index (Phi) is 6.29. The topological polar surface area (TPSA) is 63.6 Å². The van der Waals surface area contributed by atoms with Gasteiger partial charge in [0.05, 0.1) is 10.7 Å². The van der Waals surface area contributed by atoms with Crippen LogP contribution in [0.4, 0.5) is 0 Å². The smallest absolute Gasteiger partial charge is 0.277 e. The van der Waals surface area contributed by atoms with Gasteiger partial charge >= 0.3 is 0 Å². The van der Waals surface area contributed by atoms with E-state index in [0.29, 0.717) is 11.7 Å². The number of carbonyl (C=O) groups excluding carboxylic acids is 1. The first kappa shape index (κ1) is 17.1. The first-order chi connectivity index (χ1) is 11.1. The zero-order chi connectivity index (χ0) is 16.7. The maximum Gasteiger partial charge on any atom is 0.277 e. The Balaban J connectivity index is 1.84. The second-order valence-electron chi connectivity index (χ2n) is 5.21. The maximum absolute atomic E-state index is 11.7. The third kappa shape index (κ3) is 5.49. The number of nitrogens with one attached hydrogen (secondary N) is 1. The van der Waals surface area contributed by atoms with E-state index in [1.54, 1.807) is 30.7 Å². The van der Waals surface area contributed by atoms with Gasteiger partial charge in [0, 0.05) is 12.4 Å². The van der Waals surface area contributed by atoms with Gasteiger partial charge in [-0.2, -0.15) is 5.10 Å². The molecule has 5 nitrogen and oxygen atoms in total. The molecule has 0 saturated heterocycles. The normalized spacial score (nSPS) is 11.0. The number of halogens is 1. The van der Waals surface area contributed by atoms with Crippen LogP contribution in [0.3, 0.4) is 0 Å². The highest BCUT2D eigenvalue weighted by Gasteiger charge is 2.07. The molecule has 1 aromatic carbocycles. The first-order valence-electron chi connectivity index (χ1n) is 7.20. The average molecular weight is 376 g/mol. The van der Waals surface area contributed by atoms with Gasteiger partial charge in [0.1, 0.15) is 5.75 Å². The van der Waals surface area contributed by atoms with Crippen molar-refractivity contribution in [2.75, 3.05) is 6.61 Å². The fourth-order valence-electron chi connectivity index (χ4n) is 1.80. The molecule has 0 atom stereocenters. The first-order valence-corrected chi connectivity index (χ1v) is 7.99. The third-order valence-electron chi connectivity index (χ3n) is 3.09. The van der Waals surface area contributed by atoms with Gasteiger partial charge in [-0.1, -0.05) is 19.9 Å². The van der Waals surface area contributed by atoms with E-state index in [2.05, 4.69) is 45.3 Å². The van der Waals surface area contributed by atoms with Crippen LogP contribution >= 0.6 is 15.9 Å². The monoisotopic (exact) mass is 375 g/mol. The molecule has 1 heterocycles. The number of aromatic nitrogens is 1. The Bertz CT molecular complexity index is 687. The molecule has 0 aliphatic carbocycles. The zero-order valence-corrected chi connectivity index (χ0v) is 14.6. The lowest BCUT2D eigenvalue weighted by Crippen LogP contribution is -2.24. The maximum atomic E-state index is 11.7. The van der Waals surface area contributed by atoms with Crippen LogP contribution in [-0.2, 0) is 4.79 Å². The van der Waals surface area contributed by atoms with Gasteiger partial charge in [0.15, 0.2) is 6.61 Å². The fraction of sp³-hybridized carbons (Fsp3) is 0.235. The van der Waals surface area contributed by atoms with Gasteiger partial charge in [0.2, 0.25) is 0 Å². The molecule has 0 aliphatic heterocycles. The summed E-state index contributed by atoms with van der Waals surface area (Å²) in [6.45, 7) is 4.14. The molecule has 1 aromatic heterocycles. The summed E-state index contributed by atoms with van der Waals surface area (Å²) < 4.78 is 6.32. The predicted octanol–water partition coefficient (Wildman–Crippen LogP) is 3.50. The standard InChI is InChI=1S/C17H18BrN3O2/c1-12(2)14-3-4-16(15(18)9-14)23-11-17(22)21-20-10-13-5-7-19-8-6-13/h3-10,12H,11H2,1-2H3,(H,21,22)/b20-10+. The second-order valence-corrected chi connectivity index (χ2v) is 6.06. The number of benzene rings is 1. The molecule has 0 saturated carbocycles. The van der Waals surface area contributed by atoms with Crippen molar-refractivity contribution >= 4 is 28.1 Å². The molecule has 2 rings (SSSR count). The average Bonchev–Trinajstić information content (AvgIpc) is 2.54. The van der Waals surface area contributed by atoms with E-state index >= 15 is 0 Å². The highest BCUT2D eigenvalue weighted by atomic mass is 79.9. The van der Waals surface area contributed by atoms with E-state index in [-0.39, 0.29) is 12.5 Å². The van der Waals surface area contributed by atoms with Crippen LogP contribution in [-0.4, -0.2) is 23.7 Å². The van der Waals surface area contributed by atoms with Crippen molar-refractivity contribution in [3.63, 3.8) is 0 Å². The summed E-state index contributed by atoms with van der Waals surface area (Å²) in [5.41, 5.74) is 4.48. The fourth-order valence-corrected chi connectivity index (χ4v) is 2.31. The van der Waals surface area contributed by atoms with E-state index in [0.717, 1.165) is 10.0 Å². The zero-order valence-electron chi connectivity index (χ0n) is 13.0. The van der Waals surface area contributed by atoms with Gasteiger partial charge in [-0.15, -0.1) is 0 Å². The van der Waals surface area contributed by atoms with Crippen molar-refractivity contribution in [1.82, 2.24) is 10.4 Å². The summed E-state index contributed by atoms with van der Waals surface area (Å²) in [6, 6.07) is 9.43. The summed E-state index contributed by atoms with van der Waals surface area (Å²) in [5.74, 6) is 0.740. The molecular formula is C17H18BrN3O2. The van der Waals surface area contributed by atoms with E-state index in [1.165, 1.54) is 5.56 Å². The van der Waals surface area contributed by atoms with Crippen molar-refractivity contribution in [3.8, 4) is 5.75 Å². The Hall–Kier alpha value is -2.21. The van der Waals surface area contributed by atoms with E-state index in [4.69, 9.17) is 4.74 Å². The Labute approximate surface area is 143 Å². The van der Waals surface area contributed by atoms with Gasteiger partial charge in [0.25, 0.3) is 5.91 Å². The van der Waals surface area contributed by atoms with E-state index < -0.39 is 0 Å². The minimum absolute atomic E-state index is 0.104. The number of hydrazone groups is 1. The molecule has 23 heavy (non-hydrogen) atoms. The molecule has 1 amide bonds. The highest BCUT2D eigenvalue weighted by Crippen LogP contribution is 2.28.